The van der Waals surface area contributed by atoms with E-state index in [1.165, 1.54) is 0 Å². The molecule has 0 radical (unpaired) electrons. The highest BCUT2D eigenvalue weighted by molar-refractivity contribution is 5.72. The number of rotatable bonds is 3. The van der Waals surface area contributed by atoms with Crippen LogP contribution < -0.4 is 5.69 Å². The van der Waals surface area contributed by atoms with Crippen LogP contribution >= 0.6 is 0 Å². The number of carboxylic acid groups (broad SMARTS) is 1. The first-order chi connectivity index (χ1) is 10.9. The molecule has 0 bridgehead atoms. The van der Waals surface area contributed by atoms with Crippen molar-refractivity contribution in [3.63, 3.8) is 0 Å². The van der Waals surface area contributed by atoms with Crippen LogP contribution in [0.1, 0.15) is 30.3 Å². The Morgan fingerprint density at radius 1 is 1.26 bits per heavy atom. The second-order valence-electron chi connectivity index (χ2n) is 5.33. The maximum absolute atomic E-state index is 13.7. The van der Waals surface area contributed by atoms with E-state index in [9.17, 15) is 27.9 Å². The molecule has 1 aliphatic heterocycles. The fourth-order valence-electron chi connectivity index (χ4n) is 2.71. The van der Waals surface area contributed by atoms with Gasteiger partial charge in [-0.05, 0) is 18.9 Å². The lowest BCUT2D eigenvalue weighted by atomic mass is 10.1. The molecular formula is C14H12F3N3O3. The Hall–Kier alpha value is -2.58. The van der Waals surface area contributed by atoms with Gasteiger partial charge in [0.05, 0.1) is 6.54 Å². The summed E-state index contributed by atoms with van der Waals surface area (Å²) in [5, 5.41) is 13.2. The number of benzene rings is 1. The van der Waals surface area contributed by atoms with Crippen LogP contribution in [0.5, 0.6) is 0 Å². The SMILES string of the molecule is O=C(O)[C@@H]1CCCc2nn(Cc3cc(F)c(F)cc3F)c(=O)n21. The molecule has 9 heteroatoms. The number of aromatic nitrogens is 3. The largest absolute Gasteiger partial charge is 0.480 e. The molecule has 1 aromatic carbocycles. The van der Waals surface area contributed by atoms with Gasteiger partial charge >= 0.3 is 11.7 Å². The molecular weight excluding hydrogens is 315 g/mol. The number of nitrogens with zero attached hydrogens (tertiary/aromatic N) is 3. The van der Waals surface area contributed by atoms with E-state index >= 15 is 0 Å². The zero-order chi connectivity index (χ0) is 16.7. The maximum Gasteiger partial charge on any atom is 0.347 e. The van der Waals surface area contributed by atoms with Crippen molar-refractivity contribution in [2.24, 2.45) is 0 Å². The topological polar surface area (TPSA) is 77.1 Å². The number of hydrogen-bond acceptors (Lipinski definition) is 3. The smallest absolute Gasteiger partial charge is 0.347 e. The molecule has 0 aliphatic carbocycles. The van der Waals surface area contributed by atoms with Crippen LogP contribution in [0.2, 0.25) is 0 Å². The third-order valence-electron chi connectivity index (χ3n) is 3.83. The average molecular weight is 327 g/mol. The standard InChI is InChI=1S/C14H12F3N3O3/c15-8-5-10(17)9(16)4-7(8)6-19-14(23)20-11(13(21)22)2-1-3-12(20)18-19/h4-5,11H,1-3,6H2,(H,21,22)/t11-/m0/s1. The van der Waals surface area contributed by atoms with E-state index in [2.05, 4.69) is 5.10 Å². The average Bonchev–Trinajstić information content (AvgIpc) is 2.81. The summed E-state index contributed by atoms with van der Waals surface area (Å²) in [6.45, 7) is -0.409. The van der Waals surface area contributed by atoms with Crippen molar-refractivity contribution < 1.29 is 23.1 Å². The van der Waals surface area contributed by atoms with Crippen molar-refractivity contribution in [2.45, 2.75) is 31.8 Å². The number of carboxylic acids is 1. The van der Waals surface area contributed by atoms with Gasteiger partial charge in [0.25, 0.3) is 0 Å². The highest BCUT2D eigenvalue weighted by atomic mass is 19.2. The fourth-order valence-corrected chi connectivity index (χ4v) is 2.71. The van der Waals surface area contributed by atoms with Gasteiger partial charge in [-0.3, -0.25) is 4.57 Å². The first kappa shape index (κ1) is 15.3. The molecule has 1 atom stereocenters. The molecule has 0 fully saturated rings. The maximum atomic E-state index is 13.7. The van der Waals surface area contributed by atoms with Crippen molar-refractivity contribution in [3.8, 4) is 0 Å². The molecule has 1 aromatic heterocycles. The summed E-state index contributed by atoms with van der Waals surface area (Å²) >= 11 is 0. The Bertz CT molecular complexity index is 844. The summed E-state index contributed by atoms with van der Waals surface area (Å²) in [6, 6.07) is 0.0328. The fraction of sp³-hybridized carbons (Fsp3) is 0.357. The van der Waals surface area contributed by atoms with Crippen molar-refractivity contribution in [2.75, 3.05) is 0 Å². The first-order valence-corrected chi connectivity index (χ1v) is 6.93. The molecule has 0 saturated carbocycles. The molecule has 1 N–H and O–H groups in total. The minimum Gasteiger partial charge on any atom is -0.480 e. The van der Waals surface area contributed by atoms with Crippen molar-refractivity contribution in [3.05, 3.63) is 51.5 Å². The number of aliphatic carboxylic acids is 1. The molecule has 122 valence electrons. The van der Waals surface area contributed by atoms with Crippen LogP contribution in [-0.4, -0.2) is 25.4 Å². The first-order valence-electron chi connectivity index (χ1n) is 6.93. The highest BCUT2D eigenvalue weighted by Crippen LogP contribution is 2.22. The second kappa shape index (κ2) is 5.56. The zero-order valence-electron chi connectivity index (χ0n) is 11.8. The molecule has 0 saturated heterocycles. The van der Waals surface area contributed by atoms with Gasteiger partial charge < -0.3 is 5.11 Å². The van der Waals surface area contributed by atoms with E-state index < -0.39 is 41.7 Å². The van der Waals surface area contributed by atoms with Crippen LogP contribution in [0.4, 0.5) is 13.2 Å². The molecule has 2 aromatic rings. The second-order valence-corrected chi connectivity index (χ2v) is 5.33. The van der Waals surface area contributed by atoms with Crippen LogP contribution in [-0.2, 0) is 17.8 Å². The van der Waals surface area contributed by atoms with Gasteiger partial charge in [0.1, 0.15) is 17.7 Å². The number of hydrogen-bond donors (Lipinski definition) is 1. The third-order valence-corrected chi connectivity index (χ3v) is 3.83. The predicted octanol–water partition coefficient (Wildman–Crippen LogP) is 1.47. The molecule has 0 unspecified atom stereocenters. The predicted molar refractivity (Wildman–Crippen MR) is 71.5 cm³/mol. The number of carbonyl (C=O) groups is 1. The molecule has 1 aliphatic rings. The van der Waals surface area contributed by atoms with E-state index in [1.54, 1.807) is 0 Å². The summed E-state index contributed by atoms with van der Waals surface area (Å²) < 4.78 is 41.8. The summed E-state index contributed by atoms with van der Waals surface area (Å²) in [4.78, 5) is 23.5. The van der Waals surface area contributed by atoms with Crippen molar-refractivity contribution in [1.82, 2.24) is 14.3 Å². The summed E-state index contributed by atoms with van der Waals surface area (Å²) in [5.74, 6) is -4.42. The van der Waals surface area contributed by atoms with Gasteiger partial charge in [-0.2, -0.15) is 5.10 Å². The van der Waals surface area contributed by atoms with E-state index in [4.69, 9.17) is 0 Å². The molecule has 0 spiro atoms. The summed E-state index contributed by atoms with van der Waals surface area (Å²) in [5.41, 5.74) is -0.954. The van der Waals surface area contributed by atoms with E-state index in [0.717, 1.165) is 9.25 Å². The molecule has 0 amide bonds. The normalized spacial score (nSPS) is 17.1. The van der Waals surface area contributed by atoms with Crippen molar-refractivity contribution in [1.29, 1.82) is 0 Å². The van der Waals surface area contributed by atoms with Gasteiger partial charge in [-0.25, -0.2) is 27.4 Å². The van der Waals surface area contributed by atoms with Gasteiger partial charge in [-0.1, -0.05) is 0 Å². The van der Waals surface area contributed by atoms with Crippen LogP contribution in [0.15, 0.2) is 16.9 Å². The Labute approximate surface area is 127 Å². The quantitative estimate of drug-likeness (QED) is 0.866. The Balaban J connectivity index is 2.02. The molecule has 2 heterocycles. The number of aryl methyl sites for hydroxylation is 1. The monoisotopic (exact) mass is 327 g/mol. The lowest BCUT2D eigenvalue weighted by Gasteiger charge is -2.19. The van der Waals surface area contributed by atoms with Gasteiger partial charge in [0.2, 0.25) is 0 Å². The molecule has 6 nitrogen and oxygen atoms in total. The van der Waals surface area contributed by atoms with E-state index in [-0.39, 0.29) is 11.4 Å². The lowest BCUT2D eigenvalue weighted by molar-refractivity contribution is -0.141. The summed E-state index contributed by atoms with van der Waals surface area (Å²) in [6.07, 6.45) is 1.28. The third kappa shape index (κ3) is 2.62. The Kier molecular flexibility index (Phi) is 3.70. The van der Waals surface area contributed by atoms with Gasteiger partial charge in [0, 0.05) is 18.1 Å². The minimum atomic E-state index is -1.33. The summed E-state index contributed by atoms with van der Waals surface area (Å²) in [7, 11) is 0. The van der Waals surface area contributed by atoms with Gasteiger partial charge in [-0.15, -0.1) is 0 Å². The van der Waals surface area contributed by atoms with Crippen LogP contribution in [0.25, 0.3) is 0 Å². The molecule has 23 heavy (non-hydrogen) atoms. The Morgan fingerprint density at radius 3 is 2.65 bits per heavy atom. The van der Waals surface area contributed by atoms with Crippen LogP contribution in [0.3, 0.4) is 0 Å². The highest BCUT2D eigenvalue weighted by Gasteiger charge is 2.30. The Morgan fingerprint density at radius 2 is 1.96 bits per heavy atom. The zero-order valence-corrected chi connectivity index (χ0v) is 11.8. The number of halogens is 3. The molecule has 3 rings (SSSR count). The van der Waals surface area contributed by atoms with Crippen molar-refractivity contribution >= 4 is 5.97 Å². The van der Waals surface area contributed by atoms with Gasteiger partial charge in [0.15, 0.2) is 11.6 Å². The lowest BCUT2D eigenvalue weighted by Crippen LogP contribution is -2.34. The van der Waals surface area contributed by atoms with E-state index in [0.29, 0.717) is 31.4 Å². The van der Waals surface area contributed by atoms with E-state index in [1.807, 2.05) is 0 Å². The number of fused-ring (bicyclic) bond motifs is 1. The van der Waals surface area contributed by atoms with Crippen LogP contribution in [0, 0.1) is 17.5 Å². The minimum absolute atomic E-state index is 0.242.